The van der Waals surface area contributed by atoms with E-state index in [0.717, 1.165) is 29.3 Å². The number of fused-ring (bicyclic) bond motifs is 1. The summed E-state index contributed by atoms with van der Waals surface area (Å²) in [6.45, 7) is 4.58. The molecule has 3 rings (SSSR count). The summed E-state index contributed by atoms with van der Waals surface area (Å²) < 4.78 is 10.8. The van der Waals surface area contributed by atoms with Gasteiger partial charge in [-0.15, -0.1) is 0 Å². The van der Waals surface area contributed by atoms with E-state index in [1.165, 1.54) is 13.2 Å². The van der Waals surface area contributed by atoms with Gasteiger partial charge in [0, 0.05) is 29.8 Å². The predicted octanol–water partition coefficient (Wildman–Crippen LogP) is 5.66. The topological polar surface area (TPSA) is 94.5 Å². The first kappa shape index (κ1) is 22.3. The van der Waals surface area contributed by atoms with Gasteiger partial charge in [0.15, 0.2) is 0 Å². The lowest BCUT2D eigenvalue weighted by atomic mass is 9.97. The van der Waals surface area contributed by atoms with E-state index in [0.29, 0.717) is 30.1 Å². The molecule has 31 heavy (non-hydrogen) atoms. The van der Waals surface area contributed by atoms with Crippen molar-refractivity contribution in [1.29, 1.82) is 0 Å². The summed E-state index contributed by atoms with van der Waals surface area (Å²) in [5.74, 6) is 0.235. The second kappa shape index (κ2) is 10.1. The minimum absolute atomic E-state index is 0.0857. The standard InChI is InChI=1S/C24H28N2O5/c1-4-16(5-2)15-31-24-20(18-7-8-21-19(14-18)10-11-25-21)12-17(6-9-23(27)30-3)13-22(24)26(28)29/h7-8,10-14,16,25H,4-6,9,15H2,1-3H3. The Kier molecular flexibility index (Phi) is 7.28. The molecule has 3 aromatic rings. The van der Waals surface area contributed by atoms with Gasteiger partial charge in [0.25, 0.3) is 0 Å². The van der Waals surface area contributed by atoms with Crippen molar-refractivity contribution < 1.29 is 19.2 Å². The van der Waals surface area contributed by atoms with Crippen molar-refractivity contribution in [3.63, 3.8) is 0 Å². The molecule has 0 bridgehead atoms. The van der Waals surface area contributed by atoms with E-state index in [2.05, 4.69) is 18.8 Å². The number of H-pyrrole nitrogens is 1. The van der Waals surface area contributed by atoms with E-state index in [1.807, 2.05) is 36.5 Å². The van der Waals surface area contributed by atoms with Gasteiger partial charge in [0.05, 0.1) is 18.6 Å². The third-order valence-corrected chi connectivity index (χ3v) is 5.65. The fourth-order valence-corrected chi connectivity index (χ4v) is 3.61. The van der Waals surface area contributed by atoms with Gasteiger partial charge in [-0.1, -0.05) is 32.8 Å². The number of hydrogen-bond donors (Lipinski definition) is 1. The number of methoxy groups -OCH3 is 1. The number of aromatic amines is 1. The largest absolute Gasteiger partial charge is 0.486 e. The Morgan fingerprint density at radius 2 is 1.94 bits per heavy atom. The number of ether oxygens (including phenoxy) is 2. The molecule has 0 saturated heterocycles. The molecule has 0 aliphatic carbocycles. The molecule has 7 nitrogen and oxygen atoms in total. The summed E-state index contributed by atoms with van der Waals surface area (Å²) in [6, 6.07) is 11.2. The minimum Gasteiger partial charge on any atom is -0.486 e. The van der Waals surface area contributed by atoms with Crippen LogP contribution in [0.1, 0.15) is 38.7 Å². The predicted molar refractivity (Wildman–Crippen MR) is 120 cm³/mol. The van der Waals surface area contributed by atoms with E-state index in [9.17, 15) is 14.9 Å². The maximum absolute atomic E-state index is 11.9. The van der Waals surface area contributed by atoms with Gasteiger partial charge in [-0.05, 0) is 53.1 Å². The average Bonchev–Trinajstić information content (AvgIpc) is 3.25. The fraction of sp³-hybridized carbons (Fsp3) is 0.375. The average molecular weight is 424 g/mol. The summed E-state index contributed by atoms with van der Waals surface area (Å²) in [5, 5.41) is 12.9. The van der Waals surface area contributed by atoms with Gasteiger partial charge in [-0.25, -0.2) is 0 Å². The third kappa shape index (κ3) is 5.23. The van der Waals surface area contributed by atoms with Gasteiger partial charge in [0.1, 0.15) is 0 Å². The van der Waals surface area contributed by atoms with Crippen molar-refractivity contribution in [3.05, 3.63) is 58.3 Å². The summed E-state index contributed by atoms with van der Waals surface area (Å²) in [5.41, 5.74) is 3.08. The maximum atomic E-state index is 11.9. The van der Waals surface area contributed by atoms with Crippen LogP contribution >= 0.6 is 0 Å². The zero-order chi connectivity index (χ0) is 22.4. The zero-order valence-corrected chi connectivity index (χ0v) is 18.1. The minimum atomic E-state index is -0.414. The summed E-state index contributed by atoms with van der Waals surface area (Å²) in [7, 11) is 1.33. The highest BCUT2D eigenvalue weighted by atomic mass is 16.6. The fourth-order valence-electron chi connectivity index (χ4n) is 3.61. The Morgan fingerprint density at radius 1 is 1.16 bits per heavy atom. The van der Waals surface area contributed by atoms with Crippen molar-refractivity contribution in [1.82, 2.24) is 4.98 Å². The molecule has 1 N–H and O–H groups in total. The molecule has 0 fully saturated rings. The molecule has 0 spiro atoms. The van der Waals surface area contributed by atoms with Crippen LogP contribution in [-0.4, -0.2) is 29.6 Å². The van der Waals surface area contributed by atoms with E-state index >= 15 is 0 Å². The van der Waals surface area contributed by atoms with Crippen LogP contribution in [-0.2, 0) is 16.0 Å². The number of nitrogens with one attached hydrogen (secondary N) is 1. The molecule has 1 aromatic heterocycles. The Bertz CT molecular complexity index is 1070. The normalized spacial score (nSPS) is 11.1. The first-order valence-corrected chi connectivity index (χ1v) is 10.5. The van der Waals surface area contributed by atoms with Crippen LogP contribution < -0.4 is 4.74 Å². The van der Waals surface area contributed by atoms with Crippen molar-refractivity contribution in [2.24, 2.45) is 5.92 Å². The zero-order valence-electron chi connectivity index (χ0n) is 18.1. The molecule has 0 saturated carbocycles. The van der Waals surface area contributed by atoms with Crippen LogP contribution in [0.15, 0.2) is 42.6 Å². The lowest BCUT2D eigenvalue weighted by Crippen LogP contribution is -2.12. The van der Waals surface area contributed by atoms with Crippen LogP contribution in [0.5, 0.6) is 5.75 Å². The number of carbonyl (C=O) groups is 1. The number of nitrogens with zero attached hydrogens (tertiary/aromatic N) is 1. The van der Waals surface area contributed by atoms with Crippen LogP contribution in [0.4, 0.5) is 5.69 Å². The molecule has 7 heteroatoms. The number of nitro groups is 1. The number of benzene rings is 2. The van der Waals surface area contributed by atoms with Gasteiger partial charge < -0.3 is 14.5 Å². The SMILES string of the molecule is CCC(CC)COc1c(-c2ccc3[nH]ccc3c2)cc(CCC(=O)OC)cc1[N+](=O)[O-]. The second-order valence-corrected chi connectivity index (χ2v) is 7.60. The maximum Gasteiger partial charge on any atom is 0.311 e. The Balaban J connectivity index is 2.10. The van der Waals surface area contributed by atoms with Crippen molar-refractivity contribution in [2.75, 3.05) is 13.7 Å². The molecule has 0 atom stereocenters. The van der Waals surface area contributed by atoms with Gasteiger partial charge in [0.2, 0.25) is 5.75 Å². The number of aromatic nitrogens is 1. The highest BCUT2D eigenvalue weighted by Gasteiger charge is 2.24. The first-order valence-electron chi connectivity index (χ1n) is 10.5. The van der Waals surface area contributed by atoms with E-state index in [4.69, 9.17) is 9.47 Å². The molecular formula is C24H28N2O5. The van der Waals surface area contributed by atoms with Crippen molar-refractivity contribution >= 4 is 22.6 Å². The first-order chi connectivity index (χ1) is 15.0. The molecule has 2 aromatic carbocycles. The molecule has 1 heterocycles. The lowest BCUT2D eigenvalue weighted by molar-refractivity contribution is -0.385. The Morgan fingerprint density at radius 3 is 2.61 bits per heavy atom. The van der Waals surface area contributed by atoms with E-state index in [-0.39, 0.29) is 23.8 Å². The van der Waals surface area contributed by atoms with Crippen molar-refractivity contribution in [2.45, 2.75) is 39.5 Å². The van der Waals surface area contributed by atoms with Crippen LogP contribution in [0.2, 0.25) is 0 Å². The third-order valence-electron chi connectivity index (χ3n) is 5.65. The number of aryl methyl sites for hydroxylation is 1. The summed E-state index contributed by atoms with van der Waals surface area (Å²) >= 11 is 0. The van der Waals surface area contributed by atoms with E-state index < -0.39 is 4.92 Å². The Hall–Kier alpha value is -3.35. The van der Waals surface area contributed by atoms with Crippen LogP contribution in [0.25, 0.3) is 22.0 Å². The van der Waals surface area contributed by atoms with Gasteiger partial charge in [-0.3, -0.25) is 14.9 Å². The van der Waals surface area contributed by atoms with Crippen LogP contribution in [0, 0.1) is 16.0 Å². The lowest BCUT2D eigenvalue weighted by Gasteiger charge is -2.18. The Labute approximate surface area is 181 Å². The van der Waals surface area contributed by atoms with Crippen molar-refractivity contribution in [3.8, 4) is 16.9 Å². The quantitative estimate of drug-likeness (QED) is 0.257. The molecule has 164 valence electrons. The molecule has 0 amide bonds. The highest BCUT2D eigenvalue weighted by Crippen LogP contribution is 2.41. The molecule has 0 aliphatic heterocycles. The van der Waals surface area contributed by atoms with Gasteiger partial charge in [-0.2, -0.15) is 0 Å². The van der Waals surface area contributed by atoms with Crippen LogP contribution in [0.3, 0.4) is 0 Å². The molecule has 0 radical (unpaired) electrons. The smallest absolute Gasteiger partial charge is 0.311 e. The van der Waals surface area contributed by atoms with Gasteiger partial charge >= 0.3 is 11.7 Å². The molecule has 0 unspecified atom stereocenters. The second-order valence-electron chi connectivity index (χ2n) is 7.60. The summed E-state index contributed by atoms with van der Waals surface area (Å²) in [4.78, 5) is 26.3. The molecular weight excluding hydrogens is 396 g/mol. The number of carbonyl (C=O) groups excluding carboxylic acids is 1. The number of hydrogen-bond acceptors (Lipinski definition) is 5. The highest BCUT2D eigenvalue weighted by molar-refractivity contribution is 5.87. The monoisotopic (exact) mass is 424 g/mol. The van der Waals surface area contributed by atoms with E-state index in [1.54, 1.807) is 0 Å². The number of rotatable bonds is 10. The number of esters is 1. The molecule has 0 aliphatic rings. The summed E-state index contributed by atoms with van der Waals surface area (Å²) in [6.07, 6.45) is 4.23. The number of nitro benzene ring substituents is 1.